The van der Waals surface area contributed by atoms with Crippen LogP contribution in [0.1, 0.15) is 45.4 Å². The average Bonchev–Trinajstić information content (AvgIpc) is 2.09. The third-order valence-electron chi connectivity index (χ3n) is 2.01. The molecule has 1 N–H and O–H groups in total. The van der Waals surface area contributed by atoms with Crippen molar-refractivity contribution >= 4 is 0 Å². The minimum absolute atomic E-state index is 0.124. The molecule has 0 aromatic carbocycles. The molecule has 13 heavy (non-hydrogen) atoms. The fraction of sp³-hybridized carbons (Fsp3) is 0.667. The number of hydrogen-bond acceptors (Lipinski definition) is 1. The van der Waals surface area contributed by atoms with Gasteiger partial charge in [-0.2, -0.15) is 0 Å². The highest BCUT2D eigenvalue weighted by atomic mass is 16.3. The molecule has 1 heteroatoms. The van der Waals surface area contributed by atoms with E-state index in [4.69, 9.17) is 5.11 Å². The summed E-state index contributed by atoms with van der Waals surface area (Å²) in [7, 11) is 0. The fourth-order valence-electron chi connectivity index (χ4n) is 1.25. The minimum Gasteiger partial charge on any atom is -0.393 e. The van der Waals surface area contributed by atoms with Crippen molar-refractivity contribution in [3.05, 3.63) is 24.8 Å². The molecule has 0 aromatic rings. The van der Waals surface area contributed by atoms with E-state index in [9.17, 15) is 0 Å². The molecule has 0 bridgehead atoms. The molecule has 1 unspecified atom stereocenters. The van der Waals surface area contributed by atoms with Gasteiger partial charge in [0.1, 0.15) is 0 Å². The Kier molecular flexibility index (Phi) is 9.12. The van der Waals surface area contributed by atoms with E-state index in [-0.39, 0.29) is 6.10 Å². The average molecular weight is 182 g/mol. The molecule has 0 spiro atoms. The number of aliphatic hydroxyl groups excluding tert-OH is 1. The van der Waals surface area contributed by atoms with E-state index in [0.717, 1.165) is 19.3 Å². The minimum atomic E-state index is -0.124. The summed E-state index contributed by atoms with van der Waals surface area (Å²) in [5.41, 5.74) is 0. The van der Waals surface area contributed by atoms with E-state index in [1.54, 1.807) is 0 Å². The molecule has 0 fully saturated rings. The van der Waals surface area contributed by atoms with Crippen molar-refractivity contribution in [2.24, 2.45) is 0 Å². The Morgan fingerprint density at radius 3 is 2.54 bits per heavy atom. The van der Waals surface area contributed by atoms with E-state index in [2.05, 4.69) is 12.7 Å². The van der Waals surface area contributed by atoms with Gasteiger partial charge in [0.15, 0.2) is 0 Å². The van der Waals surface area contributed by atoms with Crippen molar-refractivity contribution < 1.29 is 5.11 Å². The van der Waals surface area contributed by atoms with Crippen LogP contribution in [0.15, 0.2) is 24.8 Å². The topological polar surface area (TPSA) is 20.2 Å². The van der Waals surface area contributed by atoms with Crippen molar-refractivity contribution in [3.8, 4) is 0 Å². The van der Waals surface area contributed by atoms with Gasteiger partial charge in [0.2, 0.25) is 0 Å². The maximum Gasteiger partial charge on any atom is 0.0512 e. The first-order chi connectivity index (χ1) is 6.27. The van der Waals surface area contributed by atoms with Crippen molar-refractivity contribution in [2.75, 3.05) is 0 Å². The van der Waals surface area contributed by atoms with Crippen LogP contribution in [0.5, 0.6) is 0 Å². The van der Waals surface area contributed by atoms with E-state index in [1.807, 2.05) is 19.1 Å². The zero-order valence-corrected chi connectivity index (χ0v) is 8.71. The second kappa shape index (κ2) is 9.53. The van der Waals surface area contributed by atoms with Gasteiger partial charge >= 0.3 is 0 Å². The van der Waals surface area contributed by atoms with Gasteiger partial charge in [-0.1, -0.05) is 44.1 Å². The summed E-state index contributed by atoms with van der Waals surface area (Å²) in [6.45, 7) is 5.47. The quantitative estimate of drug-likeness (QED) is 0.450. The number of aliphatic hydroxyl groups is 1. The fourth-order valence-corrected chi connectivity index (χ4v) is 1.25. The second-order valence-electron chi connectivity index (χ2n) is 3.50. The molecular formula is C12H22O. The molecular weight excluding hydrogens is 160 g/mol. The molecule has 1 nitrogen and oxygen atoms in total. The molecule has 1 atom stereocenters. The highest BCUT2D eigenvalue weighted by molar-refractivity contribution is 4.96. The van der Waals surface area contributed by atoms with Gasteiger partial charge in [-0.15, -0.1) is 0 Å². The molecule has 0 rings (SSSR count). The second-order valence-corrected chi connectivity index (χ2v) is 3.50. The van der Waals surface area contributed by atoms with Crippen molar-refractivity contribution in [1.29, 1.82) is 0 Å². The molecule has 0 aliphatic rings. The first kappa shape index (κ1) is 12.4. The Balaban J connectivity index is 2.99. The number of rotatable bonds is 8. The Morgan fingerprint density at radius 2 is 1.92 bits per heavy atom. The first-order valence-electron chi connectivity index (χ1n) is 5.23. The highest BCUT2D eigenvalue weighted by Gasteiger charge is 1.94. The molecule has 0 heterocycles. The Bertz CT molecular complexity index is 136. The Labute approximate surface area is 82.2 Å². The molecule has 0 amide bonds. The van der Waals surface area contributed by atoms with Crippen molar-refractivity contribution in [2.45, 2.75) is 51.6 Å². The summed E-state index contributed by atoms with van der Waals surface area (Å²) in [5, 5.41) is 9.00. The monoisotopic (exact) mass is 182 g/mol. The van der Waals surface area contributed by atoms with Crippen molar-refractivity contribution in [3.63, 3.8) is 0 Å². The lowest BCUT2D eigenvalue weighted by Gasteiger charge is -2.02. The number of unbranched alkanes of at least 4 members (excludes halogenated alkanes) is 4. The maximum absolute atomic E-state index is 9.00. The first-order valence-corrected chi connectivity index (χ1v) is 5.23. The predicted octanol–water partition coefficient (Wildman–Crippen LogP) is 3.45. The maximum atomic E-state index is 9.00. The van der Waals surface area contributed by atoms with Crippen LogP contribution < -0.4 is 0 Å². The van der Waals surface area contributed by atoms with Crippen LogP contribution >= 0.6 is 0 Å². The van der Waals surface area contributed by atoms with Crippen LogP contribution in [0.3, 0.4) is 0 Å². The summed E-state index contributed by atoms with van der Waals surface area (Å²) in [5.74, 6) is 0. The standard InChI is InChI=1S/C12H22O/c1-3-4-5-6-7-8-9-10-11-12(2)13/h3-5,12-13H,1,6-11H2,2H3/b5-4+. The van der Waals surface area contributed by atoms with Gasteiger partial charge in [-0.25, -0.2) is 0 Å². The molecule has 0 saturated carbocycles. The molecule has 0 radical (unpaired) electrons. The Morgan fingerprint density at radius 1 is 1.23 bits per heavy atom. The zero-order valence-electron chi connectivity index (χ0n) is 8.71. The van der Waals surface area contributed by atoms with Crippen LogP contribution in [0, 0.1) is 0 Å². The summed E-state index contributed by atoms with van der Waals surface area (Å²) < 4.78 is 0. The largest absolute Gasteiger partial charge is 0.393 e. The van der Waals surface area contributed by atoms with Gasteiger partial charge in [0, 0.05) is 0 Å². The van der Waals surface area contributed by atoms with Crippen LogP contribution in [0.2, 0.25) is 0 Å². The lowest BCUT2D eigenvalue weighted by atomic mass is 10.1. The third kappa shape index (κ3) is 11.4. The molecule has 0 aromatic heterocycles. The van der Waals surface area contributed by atoms with Crippen LogP contribution in [0.4, 0.5) is 0 Å². The summed E-state index contributed by atoms with van der Waals surface area (Å²) in [6, 6.07) is 0. The molecule has 0 aliphatic heterocycles. The smallest absolute Gasteiger partial charge is 0.0512 e. The Hall–Kier alpha value is -0.560. The SMILES string of the molecule is C=C/C=C/CCCCCCC(C)O. The molecule has 0 aliphatic carbocycles. The third-order valence-corrected chi connectivity index (χ3v) is 2.01. The van der Waals surface area contributed by atoms with Gasteiger partial charge in [-0.3, -0.25) is 0 Å². The lowest BCUT2D eigenvalue weighted by molar-refractivity contribution is 0.180. The van der Waals surface area contributed by atoms with E-state index >= 15 is 0 Å². The normalized spacial score (nSPS) is 13.4. The van der Waals surface area contributed by atoms with Gasteiger partial charge in [0.05, 0.1) is 6.10 Å². The predicted molar refractivity (Wildman–Crippen MR) is 58.7 cm³/mol. The summed E-state index contributed by atoms with van der Waals surface area (Å²) in [4.78, 5) is 0. The van der Waals surface area contributed by atoms with Crippen LogP contribution in [-0.4, -0.2) is 11.2 Å². The number of hydrogen-bond donors (Lipinski definition) is 1. The van der Waals surface area contributed by atoms with E-state index in [1.165, 1.54) is 19.3 Å². The highest BCUT2D eigenvalue weighted by Crippen LogP contribution is 2.07. The van der Waals surface area contributed by atoms with Gasteiger partial charge < -0.3 is 5.11 Å². The van der Waals surface area contributed by atoms with E-state index in [0.29, 0.717) is 0 Å². The van der Waals surface area contributed by atoms with Crippen molar-refractivity contribution in [1.82, 2.24) is 0 Å². The lowest BCUT2D eigenvalue weighted by Crippen LogP contribution is -1.97. The van der Waals surface area contributed by atoms with Gasteiger partial charge in [0.25, 0.3) is 0 Å². The molecule has 76 valence electrons. The summed E-state index contributed by atoms with van der Waals surface area (Å²) in [6.07, 6.45) is 12.9. The van der Waals surface area contributed by atoms with E-state index < -0.39 is 0 Å². The summed E-state index contributed by atoms with van der Waals surface area (Å²) >= 11 is 0. The number of allylic oxidation sites excluding steroid dienone is 3. The van der Waals surface area contributed by atoms with Gasteiger partial charge in [-0.05, 0) is 26.2 Å². The van der Waals surface area contributed by atoms with Crippen LogP contribution in [-0.2, 0) is 0 Å². The molecule has 0 saturated heterocycles. The zero-order chi connectivity index (χ0) is 9.94. The van der Waals surface area contributed by atoms with Crippen LogP contribution in [0.25, 0.3) is 0 Å².